The van der Waals surface area contributed by atoms with Gasteiger partial charge in [-0.05, 0) is 106 Å². The standard InChI is InChI=1S/C41H39N11O2/c53-40(26-49-15-1-2-16-49)42-32-9-5-7-28(20-32)38-24-51(47-45-38)34-13-11-30-19-31-12-14-35(23-37(31)44-36(30)22-34)52-25-39(46-48-52)29-8-6-10-33(21-29)43-41(54)27-50-17-3-4-18-50/h5-14,19-25H,1-4,15-18,26-27H2,(H,42,53)(H,43,54). The van der Waals surface area contributed by atoms with Crippen molar-refractivity contribution < 1.29 is 9.59 Å². The summed E-state index contributed by atoms with van der Waals surface area (Å²) in [7, 11) is 0. The van der Waals surface area contributed by atoms with Crippen molar-refractivity contribution in [2.75, 3.05) is 49.9 Å². The minimum atomic E-state index is -0.0102. The number of benzene rings is 4. The van der Waals surface area contributed by atoms with Crippen molar-refractivity contribution in [3.8, 4) is 33.9 Å². The van der Waals surface area contributed by atoms with Gasteiger partial charge in [-0.15, -0.1) is 10.2 Å². The van der Waals surface area contributed by atoms with Crippen LogP contribution in [0.25, 0.3) is 55.7 Å². The molecule has 2 aliphatic rings. The lowest BCUT2D eigenvalue weighted by molar-refractivity contribution is -0.117. The molecule has 13 nitrogen and oxygen atoms in total. The number of likely N-dealkylation sites (tertiary alicyclic amines) is 2. The van der Waals surface area contributed by atoms with Crippen molar-refractivity contribution >= 4 is 45.0 Å². The van der Waals surface area contributed by atoms with Crippen LogP contribution in [0.4, 0.5) is 11.4 Å². The van der Waals surface area contributed by atoms with E-state index in [2.05, 4.69) is 47.1 Å². The third-order valence-corrected chi connectivity index (χ3v) is 10.1. The van der Waals surface area contributed by atoms with Gasteiger partial charge in [0.15, 0.2) is 0 Å². The van der Waals surface area contributed by atoms with E-state index in [0.29, 0.717) is 24.5 Å². The Morgan fingerprint density at radius 1 is 0.556 bits per heavy atom. The number of amides is 2. The molecular formula is C41H39N11O2. The Labute approximate surface area is 311 Å². The Morgan fingerprint density at radius 3 is 1.48 bits per heavy atom. The van der Waals surface area contributed by atoms with Gasteiger partial charge in [0, 0.05) is 33.3 Å². The molecule has 9 rings (SSSR count). The average molecular weight is 718 g/mol. The van der Waals surface area contributed by atoms with E-state index in [9.17, 15) is 9.59 Å². The van der Waals surface area contributed by atoms with Crippen molar-refractivity contribution in [1.29, 1.82) is 0 Å². The SMILES string of the molecule is O=C(CN1CCCC1)Nc1cccc(-c2cn(-c3ccc4cc5ccc(-n6cc(-c7cccc(NC(=O)CN8CCCC8)c7)nn6)cc5nc4c3)nn2)c1. The molecule has 0 aliphatic carbocycles. The predicted octanol–water partition coefficient (Wildman–Crippen LogP) is 5.95. The van der Waals surface area contributed by atoms with Crippen LogP contribution >= 0.6 is 0 Å². The Kier molecular flexibility index (Phi) is 9.07. The molecule has 270 valence electrons. The third-order valence-electron chi connectivity index (χ3n) is 10.1. The molecule has 13 heteroatoms. The van der Waals surface area contributed by atoms with E-state index in [1.165, 1.54) is 0 Å². The number of rotatable bonds is 10. The lowest BCUT2D eigenvalue weighted by atomic mass is 10.1. The van der Waals surface area contributed by atoms with E-state index in [-0.39, 0.29) is 11.8 Å². The molecule has 0 atom stereocenters. The zero-order chi connectivity index (χ0) is 36.4. The number of nitrogens with one attached hydrogen (secondary N) is 2. The number of hydrogen-bond acceptors (Lipinski definition) is 9. The van der Waals surface area contributed by atoms with Crippen LogP contribution in [-0.4, -0.2) is 95.9 Å². The summed E-state index contributed by atoms with van der Waals surface area (Å²) in [4.78, 5) is 34.6. The third kappa shape index (κ3) is 7.31. The predicted molar refractivity (Wildman–Crippen MR) is 209 cm³/mol. The summed E-state index contributed by atoms with van der Waals surface area (Å²) in [6, 6.07) is 29.6. The smallest absolute Gasteiger partial charge is 0.238 e. The lowest BCUT2D eigenvalue weighted by Crippen LogP contribution is -2.30. The maximum absolute atomic E-state index is 12.6. The van der Waals surface area contributed by atoms with E-state index in [1.54, 1.807) is 9.36 Å². The second-order valence-corrected chi connectivity index (χ2v) is 14.1. The molecule has 3 aromatic heterocycles. The molecule has 0 saturated carbocycles. The maximum atomic E-state index is 12.6. The highest BCUT2D eigenvalue weighted by molar-refractivity contribution is 5.95. The molecule has 2 amide bonds. The fourth-order valence-corrected chi connectivity index (χ4v) is 7.33. The summed E-state index contributed by atoms with van der Waals surface area (Å²) in [6.07, 6.45) is 8.35. The Balaban J connectivity index is 0.913. The van der Waals surface area contributed by atoms with Gasteiger partial charge in [0.05, 0.1) is 47.9 Å². The first-order chi connectivity index (χ1) is 26.5. The van der Waals surface area contributed by atoms with E-state index in [4.69, 9.17) is 4.98 Å². The lowest BCUT2D eigenvalue weighted by Gasteiger charge is -2.14. The minimum Gasteiger partial charge on any atom is -0.325 e. The highest BCUT2D eigenvalue weighted by Gasteiger charge is 2.17. The monoisotopic (exact) mass is 717 g/mol. The van der Waals surface area contributed by atoms with Crippen LogP contribution in [0.3, 0.4) is 0 Å². The van der Waals surface area contributed by atoms with E-state index in [0.717, 1.165) is 108 Å². The number of nitrogens with zero attached hydrogens (tertiary/aromatic N) is 9. The normalized spacial score (nSPS) is 15.0. The molecule has 7 aromatic rings. The fraction of sp³-hybridized carbons (Fsp3) is 0.244. The summed E-state index contributed by atoms with van der Waals surface area (Å²) >= 11 is 0. The molecular weight excluding hydrogens is 679 g/mol. The second kappa shape index (κ2) is 14.6. The zero-order valence-electron chi connectivity index (χ0n) is 29.7. The van der Waals surface area contributed by atoms with Crippen LogP contribution < -0.4 is 10.6 Å². The molecule has 5 heterocycles. The molecule has 2 N–H and O–H groups in total. The summed E-state index contributed by atoms with van der Waals surface area (Å²) in [5, 5.41) is 25.8. The topological polar surface area (TPSA) is 139 Å². The number of carbonyl (C=O) groups is 2. The first-order valence-electron chi connectivity index (χ1n) is 18.4. The molecule has 4 aromatic carbocycles. The van der Waals surface area contributed by atoms with E-state index < -0.39 is 0 Å². The van der Waals surface area contributed by atoms with Gasteiger partial charge in [-0.3, -0.25) is 19.4 Å². The van der Waals surface area contributed by atoms with Crippen molar-refractivity contribution in [2.24, 2.45) is 0 Å². The van der Waals surface area contributed by atoms with Crippen LogP contribution in [-0.2, 0) is 9.59 Å². The molecule has 0 bridgehead atoms. The fourth-order valence-electron chi connectivity index (χ4n) is 7.33. The van der Waals surface area contributed by atoms with E-state index in [1.807, 2.05) is 97.3 Å². The quantitative estimate of drug-likeness (QED) is 0.164. The molecule has 2 fully saturated rings. The van der Waals surface area contributed by atoms with Crippen LogP contribution in [0.2, 0.25) is 0 Å². The van der Waals surface area contributed by atoms with Gasteiger partial charge < -0.3 is 10.6 Å². The number of anilines is 2. The summed E-state index contributed by atoms with van der Waals surface area (Å²) in [5.74, 6) is -0.0205. The molecule has 2 saturated heterocycles. The number of pyridine rings is 1. The average Bonchev–Trinajstić information content (AvgIpc) is 4.03. The first-order valence-corrected chi connectivity index (χ1v) is 18.4. The largest absolute Gasteiger partial charge is 0.325 e. The van der Waals surface area contributed by atoms with Gasteiger partial charge in [0.25, 0.3) is 0 Å². The Bertz CT molecular complexity index is 2330. The maximum Gasteiger partial charge on any atom is 0.238 e. The second-order valence-electron chi connectivity index (χ2n) is 14.1. The van der Waals surface area contributed by atoms with Crippen molar-refractivity contribution in [1.82, 2.24) is 44.8 Å². The van der Waals surface area contributed by atoms with Crippen molar-refractivity contribution in [3.63, 3.8) is 0 Å². The van der Waals surface area contributed by atoms with Gasteiger partial charge in [-0.2, -0.15) is 0 Å². The van der Waals surface area contributed by atoms with Crippen molar-refractivity contribution in [3.05, 3.63) is 103 Å². The molecule has 54 heavy (non-hydrogen) atoms. The molecule has 0 unspecified atom stereocenters. The molecule has 0 radical (unpaired) electrons. The van der Waals surface area contributed by atoms with Gasteiger partial charge in [0.2, 0.25) is 11.8 Å². The number of fused-ring (bicyclic) bond motifs is 2. The minimum absolute atomic E-state index is 0.0102. The Hall–Kier alpha value is -6.31. The van der Waals surface area contributed by atoms with Crippen LogP contribution in [0.5, 0.6) is 0 Å². The van der Waals surface area contributed by atoms with Crippen LogP contribution in [0.15, 0.2) is 103 Å². The summed E-state index contributed by atoms with van der Waals surface area (Å²) < 4.78 is 3.47. The summed E-state index contributed by atoms with van der Waals surface area (Å²) in [6.45, 7) is 4.71. The van der Waals surface area contributed by atoms with Gasteiger partial charge in [0.1, 0.15) is 11.4 Å². The van der Waals surface area contributed by atoms with Crippen molar-refractivity contribution in [2.45, 2.75) is 25.7 Å². The molecule has 2 aliphatic heterocycles. The van der Waals surface area contributed by atoms with E-state index >= 15 is 0 Å². The Morgan fingerprint density at radius 2 is 1.02 bits per heavy atom. The summed E-state index contributed by atoms with van der Waals surface area (Å²) in [5.41, 5.74) is 7.88. The zero-order valence-corrected chi connectivity index (χ0v) is 29.7. The highest BCUT2D eigenvalue weighted by Crippen LogP contribution is 2.27. The van der Waals surface area contributed by atoms with Gasteiger partial charge in [-0.1, -0.05) is 46.8 Å². The van der Waals surface area contributed by atoms with Gasteiger partial charge >= 0.3 is 0 Å². The van der Waals surface area contributed by atoms with Crippen LogP contribution in [0.1, 0.15) is 25.7 Å². The van der Waals surface area contributed by atoms with Gasteiger partial charge in [-0.25, -0.2) is 14.3 Å². The molecule has 0 spiro atoms. The number of carbonyl (C=O) groups excluding carboxylic acids is 2. The number of hydrogen-bond donors (Lipinski definition) is 2. The number of aromatic nitrogens is 7. The van der Waals surface area contributed by atoms with Crippen LogP contribution in [0, 0.1) is 0 Å². The highest BCUT2D eigenvalue weighted by atomic mass is 16.2. The first kappa shape index (κ1) is 33.5.